The predicted molar refractivity (Wildman–Crippen MR) is 69.7 cm³/mol. The van der Waals surface area contributed by atoms with Crippen molar-refractivity contribution >= 4 is 17.6 Å². The number of nitro groups is 1. The number of morpholine rings is 1. The highest BCUT2D eigenvalue weighted by atomic mass is 16.6. The number of hydrogen-bond acceptors (Lipinski definition) is 6. The van der Waals surface area contributed by atoms with E-state index in [1.807, 2.05) is 0 Å². The van der Waals surface area contributed by atoms with E-state index >= 15 is 0 Å². The molecule has 0 aliphatic carbocycles. The zero-order valence-electron chi connectivity index (χ0n) is 11.6. The molecule has 1 amide bonds. The highest BCUT2D eigenvalue weighted by molar-refractivity contribution is 5.96. The maximum absolute atomic E-state index is 12.5. The number of hydrogen-bond donors (Lipinski definition) is 0. The van der Waals surface area contributed by atoms with Crippen molar-refractivity contribution in [1.29, 1.82) is 0 Å². The van der Waals surface area contributed by atoms with Gasteiger partial charge in [0.2, 0.25) is 0 Å². The Balaban J connectivity index is 2.28. The lowest BCUT2D eigenvalue weighted by Crippen LogP contribution is -2.53. The van der Waals surface area contributed by atoms with Crippen LogP contribution in [0, 0.1) is 10.1 Å². The van der Waals surface area contributed by atoms with Gasteiger partial charge in [0.1, 0.15) is 5.69 Å². The average Bonchev–Trinajstić information content (AvgIpc) is 2.88. The first kappa shape index (κ1) is 15.0. The Kier molecular flexibility index (Phi) is 4.22. The largest absolute Gasteiger partial charge is 0.467 e. The van der Waals surface area contributed by atoms with Crippen LogP contribution in [-0.4, -0.2) is 59.2 Å². The van der Waals surface area contributed by atoms with E-state index in [1.54, 1.807) is 0 Å². The molecule has 0 saturated carbocycles. The summed E-state index contributed by atoms with van der Waals surface area (Å²) >= 11 is 0. The van der Waals surface area contributed by atoms with Gasteiger partial charge in [0, 0.05) is 19.7 Å². The lowest BCUT2D eigenvalue weighted by molar-refractivity contribution is -0.384. The Bertz CT molecular complexity index is 582. The maximum atomic E-state index is 12.5. The van der Waals surface area contributed by atoms with Gasteiger partial charge in [-0.1, -0.05) is 0 Å². The molecule has 1 aromatic heterocycles. The second kappa shape index (κ2) is 5.92. The molecule has 2 rings (SSSR count). The van der Waals surface area contributed by atoms with E-state index < -0.39 is 22.8 Å². The summed E-state index contributed by atoms with van der Waals surface area (Å²) in [6.07, 6.45) is 1.25. The Morgan fingerprint density at radius 3 is 2.81 bits per heavy atom. The summed E-state index contributed by atoms with van der Waals surface area (Å²) in [5.74, 6) is -1.05. The summed E-state index contributed by atoms with van der Waals surface area (Å²) in [4.78, 5) is 35.7. The van der Waals surface area contributed by atoms with Gasteiger partial charge in [0.15, 0.2) is 6.04 Å². The minimum absolute atomic E-state index is 0.0466. The molecule has 1 aliphatic rings. The number of nitrogens with zero attached hydrogens (tertiary/aromatic N) is 3. The van der Waals surface area contributed by atoms with Crippen LogP contribution in [0.1, 0.15) is 10.5 Å². The standard InChI is InChI=1S/C12H15N3O6/c1-13-6-8(15(18)19)5-9(13)11(16)14-3-4-21-7-10(14)12(17)20-2/h5-6,10H,3-4,7H2,1-2H3. The van der Waals surface area contributed by atoms with Crippen molar-refractivity contribution in [2.75, 3.05) is 26.9 Å². The minimum Gasteiger partial charge on any atom is -0.467 e. The lowest BCUT2D eigenvalue weighted by Gasteiger charge is -2.33. The first-order valence-electron chi connectivity index (χ1n) is 6.23. The molecule has 9 heteroatoms. The molecule has 0 radical (unpaired) electrons. The minimum atomic E-state index is -0.842. The highest BCUT2D eigenvalue weighted by Gasteiger charge is 2.35. The number of aromatic nitrogens is 1. The van der Waals surface area contributed by atoms with E-state index in [1.165, 1.54) is 35.9 Å². The van der Waals surface area contributed by atoms with Crippen LogP contribution in [0.2, 0.25) is 0 Å². The van der Waals surface area contributed by atoms with Crippen molar-refractivity contribution in [2.24, 2.45) is 7.05 Å². The van der Waals surface area contributed by atoms with Crippen LogP contribution in [0.15, 0.2) is 12.3 Å². The molecule has 9 nitrogen and oxygen atoms in total. The summed E-state index contributed by atoms with van der Waals surface area (Å²) < 4.78 is 11.2. The van der Waals surface area contributed by atoms with E-state index in [0.29, 0.717) is 6.61 Å². The van der Waals surface area contributed by atoms with Crippen LogP contribution in [0.25, 0.3) is 0 Å². The van der Waals surface area contributed by atoms with E-state index in [4.69, 9.17) is 4.74 Å². The number of carbonyl (C=O) groups is 2. The Morgan fingerprint density at radius 1 is 1.52 bits per heavy atom. The topological polar surface area (TPSA) is 104 Å². The molecule has 1 atom stereocenters. The molecule has 1 aliphatic heterocycles. The van der Waals surface area contributed by atoms with Crippen molar-refractivity contribution in [1.82, 2.24) is 9.47 Å². The molecule has 1 saturated heterocycles. The van der Waals surface area contributed by atoms with Gasteiger partial charge in [-0.2, -0.15) is 0 Å². The summed E-state index contributed by atoms with van der Waals surface area (Å²) in [6, 6.07) is 0.344. The third-order valence-corrected chi connectivity index (χ3v) is 3.28. The van der Waals surface area contributed by atoms with Gasteiger partial charge >= 0.3 is 5.97 Å². The first-order chi connectivity index (χ1) is 9.95. The summed E-state index contributed by atoms with van der Waals surface area (Å²) in [5.41, 5.74) is -0.0405. The second-order valence-electron chi connectivity index (χ2n) is 4.56. The normalized spacial score (nSPS) is 18.4. The second-order valence-corrected chi connectivity index (χ2v) is 4.56. The van der Waals surface area contributed by atoms with Gasteiger partial charge in [0.05, 0.1) is 31.4 Å². The quantitative estimate of drug-likeness (QED) is 0.440. The van der Waals surface area contributed by atoms with Crippen LogP contribution >= 0.6 is 0 Å². The fraction of sp³-hybridized carbons (Fsp3) is 0.500. The van der Waals surface area contributed by atoms with Crippen LogP contribution in [-0.2, 0) is 21.3 Å². The first-order valence-corrected chi connectivity index (χ1v) is 6.23. The van der Waals surface area contributed by atoms with E-state index in [0.717, 1.165) is 0 Å². The van der Waals surface area contributed by atoms with E-state index in [2.05, 4.69) is 4.74 Å². The molecule has 0 spiro atoms. The number of amides is 1. The Hall–Kier alpha value is -2.42. The fourth-order valence-electron chi connectivity index (χ4n) is 2.18. The third-order valence-electron chi connectivity index (χ3n) is 3.28. The van der Waals surface area contributed by atoms with Crippen LogP contribution in [0.5, 0.6) is 0 Å². The summed E-state index contributed by atoms with van der Waals surface area (Å²) in [5, 5.41) is 10.8. The Labute approximate surface area is 120 Å². The number of ether oxygens (including phenoxy) is 2. The lowest BCUT2D eigenvalue weighted by atomic mass is 10.2. The van der Waals surface area contributed by atoms with Crippen molar-refractivity contribution in [2.45, 2.75) is 6.04 Å². The molecule has 1 fully saturated rings. The number of aryl methyl sites for hydroxylation is 1. The summed E-state index contributed by atoms with van der Waals surface area (Å²) in [6.45, 7) is 0.564. The van der Waals surface area contributed by atoms with Gasteiger partial charge < -0.3 is 18.9 Å². The molecule has 1 aromatic rings. The van der Waals surface area contributed by atoms with Crippen molar-refractivity contribution in [3.8, 4) is 0 Å². The van der Waals surface area contributed by atoms with Crippen LogP contribution in [0.3, 0.4) is 0 Å². The molecular weight excluding hydrogens is 282 g/mol. The number of carbonyl (C=O) groups excluding carboxylic acids is 2. The molecule has 21 heavy (non-hydrogen) atoms. The highest BCUT2D eigenvalue weighted by Crippen LogP contribution is 2.19. The monoisotopic (exact) mass is 297 g/mol. The molecule has 1 unspecified atom stereocenters. The van der Waals surface area contributed by atoms with Gasteiger partial charge in [-0.15, -0.1) is 0 Å². The third kappa shape index (κ3) is 2.87. The maximum Gasteiger partial charge on any atom is 0.331 e. The zero-order chi connectivity index (χ0) is 15.6. The number of methoxy groups -OCH3 is 1. The van der Waals surface area contributed by atoms with Gasteiger partial charge in [-0.25, -0.2) is 4.79 Å². The SMILES string of the molecule is COC(=O)C1COCCN1C(=O)c1cc([N+](=O)[O-])cn1C. The van der Waals surface area contributed by atoms with Gasteiger partial charge in [-0.05, 0) is 0 Å². The average molecular weight is 297 g/mol. The van der Waals surface area contributed by atoms with E-state index in [9.17, 15) is 19.7 Å². The fourth-order valence-corrected chi connectivity index (χ4v) is 2.18. The summed E-state index contributed by atoms with van der Waals surface area (Å²) in [7, 11) is 2.76. The van der Waals surface area contributed by atoms with Crippen LogP contribution < -0.4 is 0 Å². The van der Waals surface area contributed by atoms with Crippen LogP contribution in [0.4, 0.5) is 5.69 Å². The molecule has 0 bridgehead atoms. The number of rotatable bonds is 3. The molecule has 0 aromatic carbocycles. The van der Waals surface area contributed by atoms with E-state index in [-0.39, 0.29) is 24.5 Å². The van der Waals surface area contributed by atoms with Crippen molar-refractivity contribution in [3.63, 3.8) is 0 Å². The smallest absolute Gasteiger partial charge is 0.331 e. The number of esters is 1. The van der Waals surface area contributed by atoms with Crippen molar-refractivity contribution in [3.05, 3.63) is 28.1 Å². The molecule has 114 valence electrons. The van der Waals surface area contributed by atoms with Gasteiger partial charge in [-0.3, -0.25) is 14.9 Å². The molecular formula is C12H15N3O6. The molecule has 0 N–H and O–H groups in total. The predicted octanol–water partition coefficient (Wildman–Crippen LogP) is -0.0527. The van der Waals surface area contributed by atoms with Gasteiger partial charge in [0.25, 0.3) is 11.6 Å². The van der Waals surface area contributed by atoms with Crippen molar-refractivity contribution < 1.29 is 24.0 Å². The molecule has 2 heterocycles. The Morgan fingerprint density at radius 2 is 2.24 bits per heavy atom. The zero-order valence-corrected chi connectivity index (χ0v) is 11.6.